The Balaban J connectivity index is 1.58. The van der Waals surface area contributed by atoms with Crippen LogP contribution in [0.25, 0.3) is 10.2 Å². The zero-order chi connectivity index (χ0) is 14.7. The van der Waals surface area contributed by atoms with Gasteiger partial charge in [-0.1, -0.05) is 12.1 Å². The summed E-state index contributed by atoms with van der Waals surface area (Å²) in [6.45, 7) is 4.30. The molecule has 112 valence electrons. The third-order valence-electron chi connectivity index (χ3n) is 3.95. The van der Waals surface area contributed by atoms with Gasteiger partial charge in [-0.2, -0.15) is 0 Å². The lowest BCUT2D eigenvalue weighted by Crippen LogP contribution is -2.41. The van der Waals surface area contributed by atoms with Gasteiger partial charge in [0.1, 0.15) is 5.01 Å². The maximum absolute atomic E-state index is 12.2. The van der Waals surface area contributed by atoms with E-state index in [2.05, 4.69) is 23.3 Å². The molecule has 2 aromatic rings. The maximum Gasteiger partial charge on any atom is 0.236 e. The van der Waals surface area contributed by atoms with E-state index in [9.17, 15) is 4.79 Å². The molecule has 0 aliphatic carbocycles. The molecule has 0 saturated carbocycles. The molecule has 4 nitrogen and oxygen atoms in total. The van der Waals surface area contributed by atoms with Crippen LogP contribution in [0.5, 0.6) is 0 Å². The van der Waals surface area contributed by atoms with E-state index in [4.69, 9.17) is 0 Å². The smallest absolute Gasteiger partial charge is 0.236 e. The van der Waals surface area contributed by atoms with E-state index in [1.807, 2.05) is 23.1 Å². The molecule has 0 spiro atoms. The van der Waals surface area contributed by atoms with Gasteiger partial charge in [0.25, 0.3) is 0 Å². The number of thiazole rings is 1. The lowest BCUT2D eigenvalue weighted by atomic mass is 10.1. The summed E-state index contributed by atoms with van der Waals surface area (Å²) in [7, 11) is 0. The first-order chi connectivity index (χ1) is 10.2. The molecule has 1 amide bonds. The molecule has 2 heterocycles. The van der Waals surface area contributed by atoms with Crippen molar-refractivity contribution in [3.05, 3.63) is 29.3 Å². The highest BCUT2D eigenvalue weighted by molar-refractivity contribution is 7.18. The number of piperidine rings is 1. The predicted molar refractivity (Wildman–Crippen MR) is 86.5 cm³/mol. The molecule has 0 bridgehead atoms. The second-order valence-corrected chi connectivity index (χ2v) is 6.63. The summed E-state index contributed by atoms with van der Waals surface area (Å²) < 4.78 is 1.20. The van der Waals surface area contributed by atoms with E-state index in [1.54, 1.807) is 11.3 Å². The van der Waals surface area contributed by atoms with E-state index in [0.29, 0.717) is 6.54 Å². The van der Waals surface area contributed by atoms with E-state index >= 15 is 0 Å². The Bertz CT molecular complexity index is 586. The quantitative estimate of drug-likeness (QED) is 0.944. The number of para-hydroxylation sites is 1. The number of carbonyl (C=O) groups excluding carboxylic acids is 1. The van der Waals surface area contributed by atoms with Gasteiger partial charge < -0.3 is 4.90 Å². The van der Waals surface area contributed by atoms with E-state index in [1.165, 1.54) is 11.1 Å². The number of benzene rings is 1. The predicted octanol–water partition coefficient (Wildman–Crippen LogP) is 2.96. The van der Waals surface area contributed by atoms with Crippen molar-refractivity contribution in [2.75, 3.05) is 19.6 Å². The van der Waals surface area contributed by atoms with Gasteiger partial charge in [-0.25, -0.2) is 4.98 Å². The van der Waals surface area contributed by atoms with Crippen LogP contribution in [0.4, 0.5) is 0 Å². The minimum absolute atomic E-state index is 0.108. The Morgan fingerprint density at radius 3 is 2.86 bits per heavy atom. The number of nitrogens with one attached hydrogen (secondary N) is 1. The number of fused-ring (bicyclic) bond motifs is 1. The number of hydrogen-bond acceptors (Lipinski definition) is 4. The molecule has 1 atom stereocenters. The SMILES string of the molecule is CC(NCC(=O)N1CCCCC1)c1nc2ccccc2s1. The van der Waals surface area contributed by atoms with Crippen LogP contribution < -0.4 is 5.32 Å². The standard InChI is InChI=1S/C16H21N3OS/c1-12(16-18-13-7-3-4-8-14(13)21-16)17-11-15(20)19-9-5-2-6-10-19/h3-4,7-8,12,17H,2,5-6,9-11H2,1H3. The van der Waals surface area contributed by atoms with Crippen LogP contribution in [0.3, 0.4) is 0 Å². The summed E-state index contributed by atoms with van der Waals surface area (Å²) in [5, 5.41) is 4.36. The molecule has 1 N–H and O–H groups in total. The Hall–Kier alpha value is -1.46. The first kappa shape index (κ1) is 14.5. The molecule has 5 heteroatoms. The Morgan fingerprint density at radius 1 is 1.33 bits per heavy atom. The fourth-order valence-electron chi connectivity index (χ4n) is 2.66. The number of nitrogens with zero attached hydrogens (tertiary/aromatic N) is 2. The van der Waals surface area contributed by atoms with Crippen molar-refractivity contribution >= 4 is 27.5 Å². The van der Waals surface area contributed by atoms with Crippen LogP contribution in [0.1, 0.15) is 37.2 Å². The number of carbonyl (C=O) groups is 1. The summed E-state index contributed by atoms with van der Waals surface area (Å²) >= 11 is 1.69. The minimum atomic E-state index is 0.108. The summed E-state index contributed by atoms with van der Waals surface area (Å²) in [5.41, 5.74) is 1.04. The van der Waals surface area contributed by atoms with Gasteiger partial charge in [0.15, 0.2) is 0 Å². The van der Waals surface area contributed by atoms with Crippen LogP contribution in [-0.4, -0.2) is 35.4 Å². The van der Waals surface area contributed by atoms with Crippen LogP contribution in [0.15, 0.2) is 24.3 Å². The van der Waals surface area contributed by atoms with Gasteiger partial charge in [0.05, 0.1) is 22.8 Å². The van der Waals surface area contributed by atoms with Crippen molar-refractivity contribution in [2.24, 2.45) is 0 Å². The third-order valence-corrected chi connectivity index (χ3v) is 5.17. The van der Waals surface area contributed by atoms with Crippen molar-refractivity contribution < 1.29 is 4.79 Å². The Labute approximate surface area is 129 Å². The molecule has 1 aromatic heterocycles. The normalized spacial score (nSPS) is 17.1. The fourth-order valence-corrected chi connectivity index (χ4v) is 3.65. The Kier molecular flexibility index (Phi) is 4.51. The molecular formula is C16H21N3OS. The molecule has 1 aliphatic rings. The molecular weight excluding hydrogens is 282 g/mol. The number of likely N-dealkylation sites (tertiary alicyclic amines) is 1. The minimum Gasteiger partial charge on any atom is -0.342 e. The van der Waals surface area contributed by atoms with Gasteiger partial charge in [-0.05, 0) is 38.3 Å². The van der Waals surface area contributed by atoms with E-state index in [0.717, 1.165) is 36.5 Å². The first-order valence-electron chi connectivity index (χ1n) is 7.60. The van der Waals surface area contributed by atoms with Crippen molar-refractivity contribution in [1.82, 2.24) is 15.2 Å². The highest BCUT2D eigenvalue weighted by atomic mass is 32.1. The lowest BCUT2D eigenvalue weighted by molar-refractivity contribution is -0.131. The average Bonchev–Trinajstić information content (AvgIpc) is 2.97. The van der Waals surface area contributed by atoms with Gasteiger partial charge in [-0.15, -0.1) is 11.3 Å². The number of amides is 1. The highest BCUT2D eigenvalue weighted by Crippen LogP contribution is 2.25. The topological polar surface area (TPSA) is 45.2 Å². The van der Waals surface area contributed by atoms with Crippen molar-refractivity contribution in [2.45, 2.75) is 32.2 Å². The molecule has 21 heavy (non-hydrogen) atoms. The molecule has 1 aliphatic heterocycles. The summed E-state index contributed by atoms with van der Waals surface area (Å²) in [5.74, 6) is 0.211. The van der Waals surface area contributed by atoms with E-state index < -0.39 is 0 Å². The fraction of sp³-hybridized carbons (Fsp3) is 0.500. The zero-order valence-electron chi connectivity index (χ0n) is 12.3. The molecule has 0 radical (unpaired) electrons. The van der Waals surface area contributed by atoms with Crippen molar-refractivity contribution in [3.8, 4) is 0 Å². The molecule has 1 unspecified atom stereocenters. The number of aromatic nitrogens is 1. The molecule has 3 rings (SSSR count). The van der Waals surface area contributed by atoms with Gasteiger partial charge in [-0.3, -0.25) is 10.1 Å². The second kappa shape index (κ2) is 6.54. The number of hydrogen-bond donors (Lipinski definition) is 1. The van der Waals surface area contributed by atoms with Crippen LogP contribution in [-0.2, 0) is 4.79 Å². The molecule has 1 fully saturated rings. The molecule has 1 aromatic carbocycles. The second-order valence-electron chi connectivity index (χ2n) is 5.56. The lowest BCUT2D eigenvalue weighted by Gasteiger charge is -2.27. The third kappa shape index (κ3) is 3.41. The largest absolute Gasteiger partial charge is 0.342 e. The number of rotatable bonds is 4. The zero-order valence-corrected chi connectivity index (χ0v) is 13.2. The van der Waals surface area contributed by atoms with Gasteiger partial charge >= 0.3 is 0 Å². The monoisotopic (exact) mass is 303 g/mol. The first-order valence-corrected chi connectivity index (χ1v) is 8.42. The summed E-state index contributed by atoms with van der Waals surface area (Å²) in [4.78, 5) is 18.8. The van der Waals surface area contributed by atoms with Crippen LogP contribution >= 0.6 is 11.3 Å². The highest BCUT2D eigenvalue weighted by Gasteiger charge is 2.18. The molecule has 1 saturated heterocycles. The van der Waals surface area contributed by atoms with Crippen molar-refractivity contribution in [1.29, 1.82) is 0 Å². The maximum atomic E-state index is 12.2. The average molecular weight is 303 g/mol. The summed E-state index contributed by atoms with van der Waals surface area (Å²) in [6, 6.07) is 8.26. The van der Waals surface area contributed by atoms with Gasteiger partial charge in [0.2, 0.25) is 5.91 Å². The summed E-state index contributed by atoms with van der Waals surface area (Å²) in [6.07, 6.45) is 3.53. The van der Waals surface area contributed by atoms with Crippen molar-refractivity contribution in [3.63, 3.8) is 0 Å². The van der Waals surface area contributed by atoms with Crippen LogP contribution in [0, 0.1) is 0 Å². The Morgan fingerprint density at radius 2 is 2.10 bits per heavy atom. The van der Waals surface area contributed by atoms with E-state index in [-0.39, 0.29) is 11.9 Å². The van der Waals surface area contributed by atoms with Crippen LogP contribution in [0.2, 0.25) is 0 Å². The van der Waals surface area contributed by atoms with Gasteiger partial charge in [0, 0.05) is 13.1 Å².